The fraction of sp³-hybridized carbons (Fsp3) is 0.357. The van der Waals surface area contributed by atoms with E-state index in [9.17, 15) is 14.4 Å². The molecule has 1 aliphatic heterocycles. The molecule has 112 valence electrons. The SMILES string of the molecule is O=C1CN(C(=O)CCSc2ccccc2)C(C(=O)O)CN1. The quantitative estimate of drug-likeness (QED) is 0.777. The Morgan fingerprint density at radius 3 is 2.71 bits per heavy atom. The van der Waals surface area contributed by atoms with Gasteiger partial charge in [0.05, 0.1) is 0 Å². The van der Waals surface area contributed by atoms with Gasteiger partial charge in [-0.2, -0.15) is 0 Å². The molecule has 1 saturated heterocycles. The molecule has 2 amide bonds. The molecule has 1 aliphatic rings. The van der Waals surface area contributed by atoms with Gasteiger partial charge in [0.2, 0.25) is 11.8 Å². The number of amides is 2. The number of rotatable bonds is 5. The van der Waals surface area contributed by atoms with Gasteiger partial charge in [-0.1, -0.05) is 18.2 Å². The minimum atomic E-state index is -1.10. The lowest BCUT2D eigenvalue weighted by Crippen LogP contribution is -2.59. The van der Waals surface area contributed by atoms with Crippen LogP contribution in [0.2, 0.25) is 0 Å². The maximum absolute atomic E-state index is 12.1. The van der Waals surface area contributed by atoms with Crippen molar-refractivity contribution >= 4 is 29.5 Å². The maximum atomic E-state index is 12.1. The number of carboxylic acids is 1. The lowest BCUT2D eigenvalue weighted by Gasteiger charge is -2.32. The van der Waals surface area contributed by atoms with Crippen LogP contribution in [0, 0.1) is 0 Å². The van der Waals surface area contributed by atoms with E-state index >= 15 is 0 Å². The molecular weight excluding hydrogens is 292 g/mol. The van der Waals surface area contributed by atoms with E-state index in [1.807, 2.05) is 30.3 Å². The number of nitrogens with one attached hydrogen (secondary N) is 1. The zero-order chi connectivity index (χ0) is 15.2. The summed E-state index contributed by atoms with van der Waals surface area (Å²) in [5.41, 5.74) is 0. The standard InChI is InChI=1S/C14H16N2O4S/c17-12-9-16(11(8-15-12)14(19)20)13(18)6-7-21-10-4-2-1-3-5-10/h1-5,11H,6-9H2,(H,15,17)(H,19,20). The van der Waals surface area contributed by atoms with Gasteiger partial charge in [0.25, 0.3) is 0 Å². The number of carbonyl (C=O) groups excluding carboxylic acids is 2. The molecule has 1 aromatic carbocycles. The van der Waals surface area contributed by atoms with Crippen molar-refractivity contribution in [1.29, 1.82) is 0 Å². The molecule has 1 aromatic rings. The molecule has 0 saturated carbocycles. The highest BCUT2D eigenvalue weighted by Gasteiger charge is 2.34. The van der Waals surface area contributed by atoms with Crippen molar-refractivity contribution in [3.05, 3.63) is 30.3 Å². The van der Waals surface area contributed by atoms with E-state index < -0.39 is 12.0 Å². The van der Waals surface area contributed by atoms with Crippen LogP contribution in [0.15, 0.2) is 35.2 Å². The predicted molar refractivity (Wildman–Crippen MR) is 77.9 cm³/mol. The van der Waals surface area contributed by atoms with Crippen molar-refractivity contribution in [1.82, 2.24) is 10.2 Å². The summed E-state index contributed by atoms with van der Waals surface area (Å²) < 4.78 is 0. The molecule has 6 nitrogen and oxygen atoms in total. The lowest BCUT2D eigenvalue weighted by atomic mass is 10.1. The molecule has 21 heavy (non-hydrogen) atoms. The summed E-state index contributed by atoms with van der Waals surface area (Å²) in [5.74, 6) is -1.18. The largest absolute Gasteiger partial charge is 0.480 e. The number of hydrogen-bond donors (Lipinski definition) is 2. The number of nitrogens with zero attached hydrogens (tertiary/aromatic N) is 1. The molecule has 0 aromatic heterocycles. The first-order valence-electron chi connectivity index (χ1n) is 6.55. The number of piperazine rings is 1. The van der Waals surface area contributed by atoms with Crippen LogP contribution in [0.3, 0.4) is 0 Å². The molecule has 1 fully saturated rings. The van der Waals surface area contributed by atoms with Crippen LogP contribution in [0.1, 0.15) is 6.42 Å². The Hall–Kier alpha value is -2.02. The lowest BCUT2D eigenvalue weighted by molar-refractivity contribution is -0.153. The highest BCUT2D eigenvalue weighted by atomic mass is 32.2. The van der Waals surface area contributed by atoms with E-state index in [-0.39, 0.29) is 31.3 Å². The number of benzene rings is 1. The third-order valence-electron chi connectivity index (χ3n) is 3.12. The van der Waals surface area contributed by atoms with Crippen molar-refractivity contribution in [3.63, 3.8) is 0 Å². The van der Waals surface area contributed by atoms with Crippen molar-refractivity contribution in [2.75, 3.05) is 18.8 Å². The molecule has 0 bridgehead atoms. The second-order valence-corrected chi connectivity index (χ2v) is 5.76. The molecule has 1 unspecified atom stereocenters. The van der Waals surface area contributed by atoms with Crippen LogP contribution in [0.25, 0.3) is 0 Å². The smallest absolute Gasteiger partial charge is 0.328 e. The van der Waals surface area contributed by atoms with Crippen LogP contribution in [-0.2, 0) is 14.4 Å². The Labute approximate surface area is 126 Å². The van der Waals surface area contributed by atoms with Gasteiger partial charge in [0.15, 0.2) is 0 Å². The number of hydrogen-bond acceptors (Lipinski definition) is 4. The van der Waals surface area contributed by atoms with Gasteiger partial charge in [0, 0.05) is 23.6 Å². The molecule has 1 atom stereocenters. The van der Waals surface area contributed by atoms with E-state index in [1.165, 1.54) is 11.8 Å². The van der Waals surface area contributed by atoms with Gasteiger partial charge >= 0.3 is 5.97 Å². The van der Waals surface area contributed by atoms with Crippen LogP contribution < -0.4 is 5.32 Å². The monoisotopic (exact) mass is 308 g/mol. The average Bonchev–Trinajstić information content (AvgIpc) is 2.47. The first-order valence-corrected chi connectivity index (χ1v) is 7.53. The second kappa shape index (κ2) is 7.12. The topological polar surface area (TPSA) is 86.7 Å². The summed E-state index contributed by atoms with van der Waals surface area (Å²) in [6, 6.07) is 8.67. The molecular formula is C14H16N2O4S. The Bertz CT molecular complexity index is 535. The number of thioether (sulfide) groups is 1. The second-order valence-electron chi connectivity index (χ2n) is 4.59. The van der Waals surface area contributed by atoms with Gasteiger partial charge < -0.3 is 15.3 Å². The Kier molecular flexibility index (Phi) is 5.21. The first kappa shape index (κ1) is 15.4. The van der Waals surface area contributed by atoms with Crippen LogP contribution in [-0.4, -0.2) is 52.7 Å². The fourth-order valence-corrected chi connectivity index (χ4v) is 2.90. The minimum Gasteiger partial charge on any atom is -0.480 e. The van der Waals surface area contributed by atoms with Gasteiger partial charge in [0.1, 0.15) is 12.6 Å². The molecule has 0 radical (unpaired) electrons. The predicted octanol–water partition coefficient (Wildman–Crippen LogP) is 0.580. The van der Waals surface area contributed by atoms with E-state index in [2.05, 4.69) is 5.32 Å². The number of carbonyl (C=O) groups is 3. The van der Waals surface area contributed by atoms with Crippen LogP contribution in [0.5, 0.6) is 0 Å². The minimum absolute atomic E-state index is 0.0360. The summed E-state index contributed by atoms with van der Waals surface area (Å²) in [4.78, 5) is 36.8. The Morgan fingerprint density at radius 1 is 1.33 bits per heavy atom. The molecule has 0 aliphatic carbocycles. The summed E-state index contributed by atoms with van der Waals surface area (Å²) in [6.45, 7) is -0.225. The van der Waals surface area contributed by atoms with Gasteiger partial charge in [-0.05, 0) is 12.1 Å². The summed E-state index contributed by atoms with van der Waals surface area (Å²) >= 11 is 1.53. The van der Waals surface area contributed by atoms with Crippen LogP contribution >= 0.6 is 11.8 Å². The molecule has 1 heterocycles. The Morgan fingerprint density at radius 2 is 2.05 bits per heavy atom. The van der Waals surface area contributed by atoms with E-state index in [0.29, 0.717) is 5.75 Å². The van der Waals surface area contributed by atoms with Gasteiger partial charge in [-0.25, -0.2) is 4.79 Å². The molecule has 2 rings (SSSR count). The van der Waals surface area contributed by atoms with E-state index in [4.69, 9.17) is 5.11 Å². The zero-order valence-corrected chi connectivity index (χ0v) is 12.1. The highest BCUT2D eigenvalue weighted by molar-refractivity contribution is 7.99. The number of aliphatic carboxylic acids is 1. The zero-order valence-electron chi connectivity index (χ0n) is 11.3. The fourth-order valence-electron chi connectivity index (χ4n) is 2.04. The summed E-state index contributed by atoms with van der Waals surface area (Å²) in [6.07, 6.45) is 0.205. The van der Waals surface area contributed by atoms with Crippen molar-refractivity contribution in [2.24, 2.45) is 0 Å². The van der Waals surface area contributed by atoms with Crippen molar-refractivity contribution in [2.45, 2.75) is 17.4 Å². The van der Waals surface area contributed by atoms with Gasteiger partial charge in [-0.3, -0.25) is 9.59 Å². The van der Waals surface area contributed by atoms with E-state index in [1.54, 1.807) is 0 Å². The van der Waals surface area contributed by atoms with E-state index in [0.717, 1.165) is 9.80 Å². The summed E-state index contributed by atoms with van der Waals surface area (Å²) in [7, 11) is 0. The van der Waals surface area contributed by atoms with Crippen LogP contribution in [0.4, 0.5) is 0 Å². The van der Waals surface area contributed by atoms with Crippen molar-refractivity contribution in [3.8, 4) is 0 Å². The highest BCUT2D eigenvalue weighted by Crippen LogP contribution is 2.18. The Balaban J connectivity index is 1.88. The van der Waals surface area contributed by atoms with Gasteiger partial charge in [-0.15, -0.1) is 11.8 Å². The third kappa shape index (κ3) is 4.22. The third-order valence-corrected chi connectivity index (χ3v) is 4.13. The molecule has 0 spiro atoms. The van der Waals surface area contributed by atoms with Crippen molar-refractivity contribution < 1.29 is 19.5 Å². The maximum Gasteiger partial charge on any atom is 0.328 e. The molecule has 7 heteroatoms. The first-order chi connectivity index (χ1) is 10.1. The average molecular weight is 308 g/mol. The molecule has 2 N–H and O–H groups in total. The normalized spacial score (nSPS) is 18.2. The number of carboxylic acid groups (broad SMARTS) is 1. The summed E-state index contributed by atoms with van der Waals surface area (Å²) in [5, 5.41) is 11.6.